The maximum atomic E-state index is 10.5. The first-order chi connectivity index (χ1) is 16.4. The van der Waals surface area contributed by atoms with E-state index in [0.29, 0.717) is 12.0 Å². The molecule has 34 heavy (non-hydrogen) atoms. The van der Waals surface area contributed by atoms with Crippen LogP contribution in [0.2, 0.25) is 0 Å². The Morgan fingerprint density at radius 3 is 2.38 bits per heavy atom. The van der Waals surface area contributed by atoms with Crippen molar-refractivity contribution in [3.8, 4) is 5.75 Å². The molecule has 2 fully saturated rings. The van der Waals surface area contributed by atoms with Crippen LogP contribution in [0.5, 0.6) is 5.75 Å². The number of methoxy groups -OCH3 is 1. The van der Waals surface area contributed by atoms with Crippen LogP contribution < -0.4 is 4.74 Å². The standard InChI is InChI=1S/C27H36O7/c1-16-6-9-18(27-26(31)25(30)24(29)23(15-28)34-27)13-19(16)12-17-7-10-20(11-8-17)33-22-5-3-4-21(14-22)32-2/h6-11,13,21-31H,3-5,12,14-15H2,1-2H3/t21?,22-,23-,24-,25+,26-,27+/m1/s1. The fourth-order valence-corrected chi connectivity index (χ4v) is 4.96. The van der Waals surface area contributed by atoms with Crippen molar-refractivity contribution >= 4 is 0 Å². The molecule has 1 heterocycles. The summed E-state index contributed by atoms with van der Waals surface area (Å²) < 4.78 is 17.4. The number of aliphatic hydroxyl groups excluding tert-OH is 4. The first kappa shape index (κ1) is 25.1. The maximum Gasteiger partial charge on any atom is 0.119 e. The highest BCUT2D eigenvalue weighted by molar-refractivity contribution is 5.38. The van der Waals surface area contributed by atoms with Gasteiger partial charge < -0.3 is 34.6 Å². The van der Waals surface area contributed by atoms with Gasteiger partial charge in [-0.3, -0.25) is 0 Å². The van der Waals surface area contributed by atoms with Crippen LogP contribution in [-0.2, 0) is 15.9 Å². The lowest BCUT2D eigenvalue weighted by Gasteiger charge is -2.40. The fourth-order valence-electron chi connectivity index (χ4n) is 4.96. The second kappa shape index (κ2) is 11.2. The number of rotatable bonds is 7. The molecule has 4 rings (SSSR count). The van der Waals surface area contributed by atoms with E-state index in [0.717, 1.165) is 48.1 Å². The maximum absolute atomic E-state index is 10.5. The van der Waals surface area contributed by atoms with Crippen LogP contribution in [0.25, 0.3) is 0 Å². The summed E-state index contributed by atoms with van der Waals surface area (Å²) >= 11 is 0. The molecule has 2 aromatic carbocycles. The van der Waals surface area contributed by atoms with Crippen molar-refractivity contribution in [1.29, 1.82) is 0 Å². The highest BCUT2D eigenvalue weighted by atomic mass is 16.5. The Balaban J connectivity index is 1.44. The van der Waals surface area contributed by atoms with Crippen molar-refractivity contribution in [3.05, 3.63) is 64.7 Å². The van der Waals surface area contributed by atoms with E-state index in [-0.39, 0.29) is 12.2 Å². The molecular weight excluding hydrogens is 436 g/mol. The molecule has 0 bridgehead atoms. The predicted molar refractivity (Wildman–Crippen MR) is 127 cm³/mol. The minimum absolute atomic E-state index is 0.182. The molecule has 7 nitrogen and oxygen atoms in total. The van der Waals surface area contributed by atoms with Gasteiger partial charge in [0.2, 0.25) is 0 Å². The third-order valence-electron chi connectivity index (χ3n) is 7.13. The Bertz CT molecular complexity index is 929. The first-order valence-corrected chi connectivity index (χ1v) is 12.1. The third kappa shape index (κ3) is 5.62. The van der Waals surface area contributed by atoms with E-state index in [4.69, 9.17) is 14.2 Å². The van der Waals surface area contributed by atoms with Crippen LogP contribution in [0.1, 0.15) is 54.0 Å². The molecule has 1 aliphatic heterocycles. The van der Waals surface area contributed by atoms with E-state index >= 15 is 0 Å². The molecule has 2 aliphatic rings. The van der Waals surface area contributed by atoms with Gasteiger partial charge in [0, 0.05) is 13.5 Å². The highest BCUT2D eigenvalue weighted by Crippen LogP contribution is 2.34. The average Bonchev–Trinajstić information content (AvgIpc) is 2.85. The van der Waals surface area contributed by atoms with Crippen LogP contribution in [0.3, 0.4) is 0 Å². The number of aliphatic hydroxyl groups is 4. The third-order valence-corrected chi connectivity index (χ3v) is 7.13. The van der Waals surface area contributed by atoms with Gasteiger partial charge >= 0.3 is 0 Å². The van der Waals surface area contributed by atoms with Gasteiger partial charge in [0.1, 0.15) is 42.4 Å². The summed E-state index contributed by atoms with van der Waals surface area (Å²) in [6, 6.07) is 13.9. The molecule has 1 aliphatic carbocycles. The lowest BCUT2D eigenvalue weighted by atomic mass is 9.89. The van der Waals surface area contributed by atoms with Crippen molar-refractivity contribution in [2.75, 3.05) is 13.7 Å². The van der Waals surface area contributed by atoms with Crippen LogP contribution in [0, 0.1) is 6.92 Å². The first-order valence-electron chi connectivity index (χ1n) is 12.1. The van der Waals surface area contributed by atoms with Crippen molar-refractivity contribution < 1.29 is 34.6 Å². The second-order valence-electron chi connectivity index (χ2n) is 9.52. The lowest BCUT2D eigenvalue weighted by molar-refractivity contribution is -0.231. The van der Waals surface area contributed by atoms with E-state index in [1.807, 2.05) is 37.3 Å². The van der Waals surface area contributed by atoms with E-state index in [2.05, 4.69) is 12.1 Å². The van der Waals surface area contributed by atoms with E-state index < -0.39 is 37.1 Å². The molecule has 0 radical (unpaired) electrons. The van der Waals surface area contributed by atoms with Gasteiger partial charge in [0.15, 0.2) is 0 Å². The predicted octanol–water partition coefficient (Wildman–Crippen LogP) is 2.44. The molecule has 7 atom stereocenters. The Morgan fingerprint density at radius 2 is 1.68 bits per heavy atom. The fraction of sp³-hybridized carbons (Fsp3) is 0.556. The topological polar surface area (TPSA) is 109 Å². The van der Waals surface area contributed by atoms with Crippen LogP contribution >= 0.6 is 0 Å². The van der Waals surface area contributed by atoms with Gasteiger partial charge in [-0.2, -0.15) is 0 Å². The van der Waals surface area contributed by atoms with E-state index in [1.54, 1.807) is 7.11 Å². The van der Waals surface area contributed by atoms with Crippen LogP contribution in [-0.4, -0.2) is 70.8 Å². The highest BCUT2D eigenvalue weighted by Gasteiger charge is 2.44. The summed E-state index contributed by atoms with van der Waals surface area (Å²) in [5, 5.41) is 40.2. The molecule has 1 saturated heterocycles. The molecule has 7 heteroatoms. The van der Waals surface area contributed by atoms with Crippen molar-refractivity contribution in [2.24, 2.45) is 0 Å². The van der Waals surface area contributed by atoms with Crippen molar-refractivity contribution in [1.82, 2.24) is 0 Å². The van der Waals surface area contributed by atoms with Gasteiger partial charge in [-0.25, -0.2) is 0 Å². The summed E-state index contributed by atoms with van der Waals surface area (Å²) in [6.45, 7) is 1.58. The summed E-state index contributed by atoms with van der Waals surface area (Å²) in [5.41, 5.74) is 3.99. The number of hydrogen-bond donors (Lipinski definition) is 4. The zero-order chi connectivity index (χ0) is 24.2. The Hall–Kier alpha value is -2.00. The van der Waals surface area contributed by atoms with Gasteiger partial charge in [0.05, 0.1) is 12.7 Å². The van der Waals surface area contributed by atoms with Crippen LogP contribution in [0.15, 0.2) is 42.5 Å². The second-order valence-corrected chi connectivity index (χ2v) is 9.52. The Morgan fingerprint density at radius 1 is 0.941 bits per heavy atom. The zero-order valence-electron chi connectivity index (χ0n) is 19.8. The summed E-state index contributed by atoms with van der Waals surface area (Å²) in [7, 11) is 1.76. The molecule has 186 valence electrons. The van der Waals surface area contributed by atoms with E-state index in [1.165, 1.54) is 0 Å². The largest absolute Gasteiger partial charge is 0.490 e. The SMILES string of the molecule is COC1CCC[C@@H](Oc2ccc(Cc3cc([C@@H]4O[C@H](CO)[C@@H](O)[C@H](O)[C@H]4O)ccc3C)cc2)C1. The minimum atomic E-state index is -1.39. The molecule has 0 aromatic heterocycles. The number of aryl methyl sites for hydroxylation is 1. The lowest BCUT2D eigenvalue weighted by Crippen LogP contribution is -2.55. The Labute approximate surface area is 200 Å². The van der Waals surface area contributed by atoms with Gasteiger partial charge in [-0.15, -0.1) is 0 Å². The Kier molecular flexibility index (Phi) is 8.24. The molecule has 1 saturated carbocycles. The zero-order valence-corrected chi connectivity index (χ0v) is 19.8. The van der Waals surface area contributed by atoms with Gasteiger partial charge in [-0.05, 0) is 67.0 Å². The van der Waals surface area contributed by atoms with Gasteiger partial charge in [0.25, 0.3) is 0 Å². The summed E-state index contributed by atoms with van der Waals surface area (Å²) in [5.74, 6) is 0.859. The molecule has 4 N–H and O–H groups in total. The number of ether oxygens (including phenoxy) is 3. The average molecular weight is 473 g/mol. The molecule has 0 amide bonds. The summed E-state index contributed by atoms with van der Waals surface area (Å²) in [6.07, 6.45) is -0.488. The number of benzene rings is 2. The van der Waals surface area contributed by atoms with Crippen molar-refractivity contribution in [2.45, 2.75) is 81.8 Å². The van der Waals surface area contributed by atoms with Gasteiger partial charge in [-0.1, -0.05) is 30.3 Å². The quantitative estimate of drug-likeness (QED) is 0.490. The molecule has 0 spiro atoms. The summed E-state index contributed by atoms with van der Waals surface area (Å²) in [4.78, 5) is 0. The van der Waals surface area contributed by atoms with Crippen LogP contribution in [0.4, 0.5) is 0 Å². The molecular formula is C27H36O7. The minimum Gasteiger partial charge on any atom is -0.490 e. The van der Waals surface area contributed by atoms with Crippen molar-refractivity contribution in [3.63, 3.8) is 0 Å². The smallest absolute Gasteiger partial charge is 0.119 e. The molecule has 1 unspecified atom stereocenters. The number of hydrogen-bond acceptors (Lipinski definition) is 7. The monoisotopic (exact) mass is 472 g/mol. The van der Waals surface area contributed by atoms with E-state index in [9.17, 15) is 20.4 Å². The normalized spacial score (nSPS) is 31.9. The molecule has 2 aromatic rings.